The van der Waals surface area contributed by atoms with Crippen LogP contribution in [0.25, 0.3) is 0 Å². The number of nitrogens with zero attached hydrogens (tertiary/aromatic N) is 2. The highest BCUT2D eigenvalue weighted by molar-refractivity contribution is 5.78. The molecule has 104 valence electrons. The molecule has 2 rings (SSSR count). The first-order valence-corrected chi connectivity index (χ1v) is 7.19. The van der Waals surface area contributed by atoms with Crippen LogP contribution in [0.3, 0.4) is 0 Å². The highest BCUT2D eigenvalue weighted by atomic mass is 16.2. The van der Waals surface area contributed by atoms with Gasteiger partial charge in [0.15, 0.2) is 0 Å². The van der Waals surface area contributed by atoms with Gasteiger partial charge in [-0.1, -0.05) is 0 Å². The molecule has 0 bridgehead atoms. The Labute approximate surface area is 115 Å². The first kappa shape index (κ1) is 14.0. The van der Waals surface area contributed by atoms with Crippen LogP contribution in [0.15, 0.2) is 24.5 Å². The molecule has 1 fully saturated rings. The molecule has 0 saturated carbocycles. The lowest BCUT2D eigenvalue weighted by Gasteiger charge is -2.25. The van der Waals surface area contributed by atoms with Gasteiger partial charge < -0.3 is 10.2 Å². The standard InChI is InChI=1S/C15H23N3O/c1-2-18(12-13-5-9-17-10-6-13)15(19)14-4-3-8-16-11-7-14/h5-6,9-10,14,16H,2-4,7-8,11-12H2,1H3/t14-/m1/s1. The summed E-state index contributed by atoms with van der Waals surface area (Å²) in [5.41, 5.74) is 1.15. The Morgan fingerprint density at radius 2 is 2.16 bits per heavy atom. The Bertz CT molecular complexity index is 386. The molecule has 2 heterocycles. The van der Waals surface area contributed by atoms with Crippen molar-refractivity contribution in [3.05, 3.63) is 30.1 Å². The molecule has 0 radical (unpaired) electrons. The van der Waals surface area contributed by atoms with Gasteiger partial charge in [-0.05, 0) is 57.0 Å². The predicted molar refractivity (Wildman–Crippen MR) is 75.5 cm³/mol. The Morgan fingerprint density at radius 3 is 2.89 bits per heavy atom. The van der Waals surface area contributed by atoms with Crippen LogP contribution in [0.5, 0.6) is 0 Å². The number of nitrogens with one attached hydrogen (secondary N) is 1. The molecular weight excluding hydrogens is 238 g/mol. The molecule has 4 heteroatoms. The summed E-state index contributed by atoms with van der Waals surface area (Å²) in [7, 11) is 0. The van der Waals surface area contributed by atoms with Crippen LogP contribution in [-0.2, 0) is 11.3 Å². The van der Waals surface area contributed by atoms with Gasteiger partial charge in [-0.15, -0.1) is 0 Å². The zero-order chi connectivity index (χ0) is 13.5. The van der Waals surface area contributed by atoms with Gasteiger partial charge in [0.05, 0.1) is 0 Å². The Kier molecular flexibility index (Phi) is 5.33. The smallest absolute Gasteiger partial charge is 0.226 e. The van der Waals surface area contributed by atoms with Gasteiger partial charge in [0.25, 0.3) is 0 Å². The monoisotopic (exact) mass is 261 g/mol. The van der Waals surface area contributed by atoms with Gasteiger partial charge in [-0.3, -0.25) is 9.78 Å². The number of carbonyl (C=O) groups excluding carboxylic acids is 1. The fraction of sp³-hybridized carbons (Fsp3) is 0.600. The molecule has 1 aromatic rings. The Morgan fingerprint density at radius 1 is 1.37 bits per heavy atom. The van der Waals surface area contributed by atoms with Gasteiger partial charge >= 0.3 is 0 Å². The molecule has 0 aliphatic carbocycles. The van der Waals surface area contributed by atoms with E-state index < -0.39 is 0 Å². The van der Waals surface area contributed by atoms with Crippen molar-refractivity contribution in [1.29, 1.82) is 0 Å². The van der Waals surface area contributed by atoms with Crippen molar-refractivity contribution in [3.63, 3.8) is 0 Å². The first-order valence-electron chi connectivity index (χ1n) is 7.19. The molecular formula is C15H23N3O. The summed E-state index contributed by atoms with van der Waals surface area (Å²) in [5.74, 6) is 0.500. The van der Waals surface area contributed by atoms with Gasteiger partial charge in [-0.2, -0.15) is 0 Å². The number of amides is 1. The molecule has 4 nitrogen and oxygen atoms in total. The third-order valence-corrected chi connectivity index (χ3v) is 3.74. The number of pyridine rings is 1. The number of hydrogen-bond acceptors (Lipinski definition) is 3. The minimum absolute atomic E-state index is 0.191. The van der Waals surface area contributed by atoms with Crippen molar-refractivity contribution in [2.24, 2.45) is 5.92 Å². The molecule has 0 unspecified atom stereocenters. The summed E-state index contributed by atoms with van der Waals surface area (Å²) in [6.45, 7) is 5.52. The number of aromatic nitrogens is 1. The lowest BCUT2D eigenvalue weighted by Crippen LogP contribution is -2.36. The third kappa shape index (κ3) is 4.03. The molecule has 1 N–H and O–H groups in total. The second-order valence-corrected chi connectivity index (χ2v) is 5.09. The van der Waals surface area contributed by atoms with Crippen LogP contribution < -0.4 is 5.32 Å². The van der Waals surface area contributed by atoms with Crippen molar-refractivity contribution in [2.45, 2.75) is 32.7 Å². The van der Waals surface area contributed by atoms with Crippen molar-refractivity contribution in [2.75, 3.05) is 19.6 Å². The maximum Gasteiger partial charge on any atom is 0.226 e. The number of hydrogen-bond donors (Lipinski definition) is 1. The second kappa shape index (κ2) is 7.24. The second-order valence-electron chi connectivity index (χ2n) is 5.09. The van der Waals surface area contributed by atoms with Crippen LogP contribution in [0.2, 0.25) is 0 Å². The van der Waals surface area contributed by atoms with E-state index >= 15 is 0 Å². The molecule has 1 amide bonds. The summed E-state index contributed by atoms with van der Waals surface area (Å²) in [6.07, 6.45) is 6.64. The minimum atomic E-state index is 0.191. The summed E-state index contributed by atoms with van der Waals surface area (Å²) in [5, 5.41) is 3.36. The SMILES string of the molecule is CCN(Cc1ccncc1)C(=O)[C@@H]1CCCNCC1. The molecule has 19 heavy (non-hydrogen) atoms. The summed E-state index contributed by atoms with van der Waals surface area (Å²) in [4.78, 5) is 18.5. The maximum absolute atomic E-state index is 12.6. The van der Waals surface area contributed by atoms with E-state index in [1.54, 1.807) is 12.4 Å². The zero-order valence-corrected chi connectivity index (χ0v) is 11.6. The number of carbonyl (C=O) groups is 1. The summed E-state index contributed by atoms with van der Waals surface area (Å²) in [6, 6.07) is 3.95. The van der Waals surface area contributed by atoms with E-state index in [1.807, 2.05) is 24.0 Å². The lowest BCUT2D eigenvalue weighted by atomic mass is 9.98. The van der Waals surface area contributed by atoms with Crippen LogP contribution >= 0.6 is 0 Å². The molecule has 1 aliphatic rings. The molecule has 0 spiro atoms. The zero-order valence-electron chi connectivity index (χ0n) is 11.6. The molecule has 1 saturated heterocycles. The molecule has 1 aromatic heterocycles. The summed E-state index contributed by atoms with van der Waals surface area (Å²) < 4.78 is 0. The van der Waals surface area contributed by atoms with E-state index in [0.717, 1.165) is 44.5 Å². The maximum atomic E-state index is 12.6. The van der Waals surface area contributed by atoms with E-state index in [4.69, 9.17) is 0 Å². The van der Waals surface area contributed by atoms with Gasteiger partial charge in [-0.25, -0.2) is 0 Å². The van der Waals surface area contributed by atoms with Crippen LogP contribution in [0.1, 0.15) is 31.7 Å². The molecule has 0 aromatic carbocycles. The van der Waals surface area contributed by atoms with Crippen molar-refractivity contribution < 1.29 is 4.79 Å². The highest BCUT2D eigenvalue weighted by Gasteiger charge is 2.24. The first-order chi connectivity index (χ1) is 9.31. The van der Waals surface area contributed by atoms with E-state index in [0.29, 0.717) is 12.5 Å². The predicted octanol–water partition coefficient (Wildman–Crippen LogP) is 1.82. The van der Waals surface area contributed by atoms with Gasteiger partial charge in [0.1, 0.15) is 0 Å². The van der Waals surface area contributed by atoms with Crippen molar-refractivity contribution >= 4 is 5.91 Å². The van der Waals surface area contributed by atoms with Crippen LogP contribution in [0.4, 0.5) is 0 Å². The van der Waals surface area contributed by atoms with Gasteiger partial charge in [0.2, 0.25) is 5.91 Å². The highest BCUT2D eigenvalue weighted by Crippen LogP contribution is 2.18. The third-order valence-electron chi connectivity index (χ3n) is 3.74. The molecule has 1 aliphatic heterocycles. The fourth-order valence-electron chi connectivity index (χ4n) is 2.58. The normalized spacial score (nSPS) is 19.7. The van der Waals surface area contributed by atoms with Gasteiger partial charge in [0, 0.05) is 31.4 Å². The van der Waals surface area contributed by atoms with E-state index in [1.165, 1.54) is 0 Å². The van der Waals surface area contributed by atoms with E-state index in [2.05, 4.69) is 10.3 Å². The van der Waals surface area contributed by atoms with Crippen molar-refractivity contribution in [3.8, 4) is 0 Å². The van der Waals surface area contributed by atoms with Crippen molar-refractivity contribution in [1.82, 2.24) is 15.2 Å². The minimum Gasteiger partial charge on any atom is -0.338 e. The summed E-state index contributed by atoms with van der Waals surface area (Å²) >= 11 is 0. The quantitative estimate of drug-likeness (QED) is 0.899. The van der Waals surface area contributed by atoms with E-state index in [-0.39, 0.29) is 5.92 Å². The van der Waals surface area contributed by atoms with Crippen LogP contribution in [-0.4, -0.2) is 35.4 Å². The average Bonchev–Trinajstić information content (AvgIpc) is 2.74. The lowest BCUT2D eigenvalue weighted by molar-refractivity contribution is -0.136. The van der Waals surface area contributed by atoms with Crippen LogP contribution in [0, 0.1) is 5.92 Å². The van der Waals surface area contributed by atoms with E-state index in [9.17, 15) is 4.79 Å². The molecule has 1 atom stereocenters. The Hall–Kier alpha value is -1.42. The topological polar surface area (TPSA) is 45.2 Å². The average molecular weight is 261 g/mol. The fourth-order valence-corrected chi connectivity index (χ4v) is 2.58. The number of rotatable bonds is 4. The Balaban J connectivity index is 1.98. The largest absolute Gasteiger partial charge is 0.338 e.